The van der Waals surface area contributed by atoms with E-state index >= 15 is 0 Å². The Bertz CT molecular complexity index is 1210. The number of hydrogen-bond acceptors (Lipinski definition) is 7. The Kier molecular flexibility index (Phi) is 7.97. The Morgan fingerprint density at radius 2 is 1.72 bits per heavy atom. The molecule has 0 radical (unpaired) electrons. The molecule has 9 nitrogen and oxygen atoms in total. The first-order valence-electron chi connectivity index (χ1n) is 12.2. The Morgan fingerprint density at radius 3 is 2.39 bits per heavy atom. The smallest absolute Gasteiger partial charge is 0.325 e. The van der Waals surface area contributed by atoms with Crippen molar-refractivity contribution in [2.75, 3.05) is 36.5 Å². The first-order valence-corrected chi connectivity index (χ1v) is 13.7. The highest BCUT2D eigenvalue weighted by atomic mass is 32.2. The van der Waals surface area contributed by atoms with Crippen LogP contribution in [-0.2, 0) is 24.3 Å². The molecule has 0 aliphatic carbocycles. The van der Waals surface area contributed by atoms with Gasteiger partial charge in [0.25, 0.3) is 5.91 Å². The molecular formula is C26H33N3O6S. The van der Waals surface area contributed by atoms with E-state index in [0.29, 0.717) is 5.69 Å². The lowest BCUT2D eigenvalue weighted by Crippen LogP contribution is -2.42. The molecule has 2 fully saturated rings. The topological polar surface area (TPSA) is 116 Å². The minimum atomic E-state index is -4.04. The van der Waals surface area contributed by atoms with Crippen molar-refractivity contribution in [1.82, 2.24) is 4.31 Å². The van der Waals surface area contributed by atoms with Gasteiger partial charge >= 0.3 is 5.97 Å². The second kappa shape index (κ2) is 11.0. The zero-order valence-electron chi connectivity index (χ0n) is 20.6. The number of nitrogens with zero attached hydrogens (tertiary/aromatic N) is 2. The van der Waals surface area contributed by atoms with E-state index < -0.39 is 40.7 Å². The van der Waals surface area contributed by atoms with E-state index in [-0.39, 0.29) is 17.9 Å². The van der Waals surface area contributed by atoms with Crippen LogP contribution in [0.25, 0.3) is 0 Å². The SMILES string of the molecule is Cc1ccc(S(=O)(=O)N2C[C@H](O)C[C@H]2C(=O)OCC(=O)Nc2ccc(N3CCCCC3)cc2)cc1C. The predicted octanol–water partition coefficient (Wildman–Crippen LogP) is 2.60. The van der Waals surface area contributed by atoms with Crippen LogP contribution in [0.2, 0.25) is 0 Å². The van der Waals surface area contributed by atoms with Crippen LogP contribution in [0.3, 0.4) is 0 Å². The number of carbonyl (C=O) groups excluding carboxylic acids is 2. The second-order valence-electron chi connectivity index (χ2n) is 9.48. The molecule has 2 aliphatic rings. The lowest BCUT2D eigenvalue weighted by atomic mass is 10.1. The second-order valence-corrected chi connectivity index (χ2v) is 11.4. The lowest BCUT2D eigenvalue weighted by molar-refractivity contribution is -0.150. The molecule has 1 amide bonds. The molecule has 2 aromatic rings. The van der Waals surface area contributed by atoms with E-state index in [9.17, 15) is 23.1 Å². The molecule has 0 saturated carbocycles. The highest BCUT2D eigenvalue weighted by Crippen LogP contribution is 2.28. The van der Waals surface area contributed by atoms with Crippen molar-refractivity contribution < 1.29 is 27.9 Å². The highest BCUT2D eigenvalue weighted by molar-refractivity contribution is 7.89. The number of aliphatic hydroxyl groups is 1. The summed E-state index contributed by atoms with van der Waals surface area (Å²) >= 11 is 0. The number of aliphatic hydroxyl groups excluding tert-OH is 1. The normalized spacial score (nSPS) is 20.8. The number of ether oxygens (including phenoxy) is 1. The zero-order valence-corrected chi connectivity index (χ0v) is 21.5. The zero-order chi connectivity index (χ0) is 25.9. The number of β-amino-alcohol motifs (C(OH)–C–C–N with tert-alkyl or cyclic N) is 1. The van der Waals surface area contributed by atoms with Crippen molar-refractivity contribution in [2.24, 2.45) is 0 Å². The molecule has 2 N–H and O–H groups in total. The van der Waals surface area contributed by atoms with Gasteiger partial charge in [-0.3, -0.25) is 9.59 Å². The number of esters is 1. The summed E-state index contributed by atoms with van der Waals surface area (Å²) in [6.07, 6.45) is 2.49. The number of carbonyl (C=O) groups is 2. The fraction of sp³-hybridized carbons (Fsp3) is 0.462. The van der Waals surface area contributed by atoms with E-state index in [1.54, 1.807) is 31.2 Å². The first kappa shape index (κ1) is 26.1. The molecule has 2 heterocycles. The number of amides is 1. The maximum absolute atomic E-state index is 13.2. The van der Waals surface area contributed by atoms with Crippen molar-refractivity contribution in [3.05, 3.63) is 53.6 Å². The lowest BCUT2D eigenvalue weighted by Gasteiger charge is -2.28. The Hall–Kier alpha value is -2.95. The van der Waals surface area contributed by atoms with Crippen LogP contribution in [0.1, 0.15) is 36.8 Å². The van der Waals surface area contributed by atoms with Gasteiger partial charge in [-0.15, -0.1) is 0 Å². The van der Waals surface area contributed by atoms with Gasteiger partial charge in [0.05, 0.1) is 11.0 Å². The van der Waals surface area contributed by atoms with Crippen molar-refractivity contribution in [1.29, 1.82) is 0 Å². The minimum Gasteiger partial charge on any atom is -0.454 e. The number of sulfonamides is 1. The van der Waals surface area contributed by atoms with Gasteiger partial charge < -0.3 is 20.1 Å². The summed E-state index contributed by atoms with van der Waals surface area (Å²) in [6, 6.07) is 11.0. The summed E-state index contributed by atoms with van der Waals surface area (Å²) in [5.41, 5.74) is 3.42. The van der Waals surface area contributed by atoms with Gasteiger partial charge in [0, 0.05) is 37.4 Å². The van der Waals surface area contributed by atoms with Crippen molar-refractivity contribution >= 4 is 33.3 Å². The Balaban J connectivity index is 1.35. The molecule has 2 atom stereocenters. The van der Waals surface area contributed by atoms with Crippen molar-refractivity contribution in [2.45, 2.75) is 56.6 Å². The average molecular weight is 516 g/mol. The maximum atomic E-state index is 13.2. The maximum Gasteiger partial charge on any atom is 0.325 e. The predicted molar refractivity (Wildman–Crippen MR) is 136 cm³/mol. The first-order chi connectivity index (χ1) is 17.1. The summed E-state index contributed by atoms with van der Waals surface area (Å²) in [6.45, 7) is 4.95. The van der Waals surface area contributed by atoms with E-state index in [1.807, 2.05) is 19.1 Å². The molecular weight excluding hydrogens is 482 g/mol. The summed E-state index contributed by atoms with van der Waals surface area (Å²) in [4.78, 5) is 27.5. The average Bonchev–Trinajstić information content (AvgIpc) is 3.28. The molecule has 2 saturated heterocycles. The third-order valence-electron chi connectivity index (χ3n) is 6.81. The van der Waals surface area contributed by atoms with E-state index in [2.05, 4.69) is 10.2 Å². The van der Waals surface area contributed by atoms with E-state index in [4.69, 9.17) is 4.74 Å². The molecule has 10 heteroatoms. The van der Waals surface area contributed by atoms with Crippen LogP contribution in [0.15, 0.2) is 47.4 Å². The van der Waals surface area contributed by atoms with Gasteiger partial charge in [-0.2, -0.15) is 4.31 Å². The summed E-state index contributed by atoms with van der Waals surface area (Å²) in [5, 5.41) is 12.8. The van der Waals surface area contributed by atoms with E-state index in [0.717, 1.165) is 34.2 Å². The van der Waals surface area contributed by atoms with E-state index in [1.165, 1.54) is 25.3 Å². The highest BCUT2D eigenvalue weighted by Gasteiger charge is 2.44. The van der Waals surface area contributed by atoms with Crippen LogP contribution >= 0.6 is 0 Å². The number of nitrogens with one attached hydrogen (secondary N) is 1. The summed E-state index contributed by atoms with van der Waals surface area (Å²) in [7, 11) is -4.04. The summed E-state index contributed by atoms with van der Waals surface area (Å²) < 4.78 is 32.5. The van der Waals surface area contributed by atoms with Crippen molar-refractivity contribution in [3.63, 3.8) is 0 Å². The summed E-state index contributed by atoms with van der Waals surface area (Å²) in [5.74, 6) is -1.40. The third-order valence-corrected chi connectivity index (χ3v) is 8.68. The van der Waals surface area contributed by atoms with Crippen molar-refractivity contribution in [3.8, 4) is 0 Å². The molecule has 2 aliphatic heterocycles. The number of piperidine rings is 1. The van der Waals surface area contributed by atoms with Gasteiger partial charge in [0.1, 0.15) is 6.04 Å². The Morgan fingerprint density at radius 1 is 1.03 bits per heavy atom. The largest absolute Gasteiger partial charge is 0.454 e. The van der Waals surface area contributed by atoms with Gasteiger partial charge in [0.2, 0.25) is 10.0 Å². The molecule has 0 bridgehead atoms. The van der Waals surface area contributed by atoms with Gasteiger partial charge in [-0.1, -0.05) is 6.07 Å². The standard InChI is InChI=1S/C26H33N3O6S/c1-18-6-11-23(14-19(18)2)36(33,34)29-16-22(30)15-24(29)26(32)35-17-25(31)27-20-7-9-21(10-8-20)28-12-4-3-5-13-28/h6-11,14,22,24,30H,3-5,12-13,15-17H2,1-2H3,(H,27,31)/t22-,24+/m1/s1. The van der Waals surface area contributed by atoms with Gasteiger partial charge in [-0.05, 0) is 80.6 Å². The molecule has 2 aromatic carbocycles. The van der Waals surface area contributed by atoms with Crippen LogP contribution in [0.4, 0.5) is 11.4 Å². The molecule has 36 heavy (non-hydrogen) atoms. The van der Waals surface area contributed by atoms with Crippen LogP contribution in [-0.4, -0.2) is 68.1 Å². The fourth-order valence-electron chi connectivity index (χ4n) is 4.61. The monoisotopic (exact) mass is 515 g/mol. The number of rotatable bonds is 7. The van der Waals surface area contributed by atoms with Gasteiger partial charge in [-0.25, -0.2) is 8.42 Å². The van der Waals surface area contributed by atoms with Crippen LogP contribution < -0.4 is 10.2 Å². The molecule has 0 unspecified atom stereocenters. The van der Waals surface area contributed by atoms with Crippen LogP contribution in [0.5, 0.6) is 0 Å². The fourth-order valence-corrected chi connectivity index (χ4v) is 6.32. The number of benzene rings is 2. The number of hydrogen-bond donors (Lipinski definition) is 2. The molecule has 4 rings (SSSR count). The minimum absolute atomic E-state index is 0.0447. The molecule has 0 spiro atoms. The molecule has 194 valence electrons. The van der Waals surface area contributed by atoms with Gasteiger partial charge in [0.15, 0.2) is 6.61 Å². The Labute approximate surface area is 212 Å². The number of aryl methyl sites for hydroxylation is 2. The quantitative estimate of drug-likeness (QED) is 0.545. The molecule has 0 aromatic heterocycles. The van der Waals surface area contributed by atoms with Crippen LogP contribution in [0, 0.1) is 13.8 Å². The third kappa shape index (κ3) is 5.88. The number of anilines is 2.